The summed E-state index contributed by atoms with van der Waals surface area (Å²) in [5, 5.41) is 22.6. The topological polar surface area (TPSA) is 123 Å². The van der Waals surface area contributed by atoms with Crippen LogP contribution in [0.4, 0.5) is 14.6 Å². The van der Waals surface area contributed by atoms with Gasteiger partial charge in [-0.3, -0.25) is 4.79 Å². The van der Waals surface area contributed by atoms with E-state index in [4.69, 9.17) is 32.2 Å². The molecule has 0 aliphatic heterocycles. The predicted molar refractivity (Wildman–Crippen MR) is 170 cm³/mol. The number of aliphatic hydroxyl groups is 2. The highest BCUT2D eigenvalue weighted by atomic mass is 127. The van der Waals surface area contributed by atoms with Crippen molar-refractivity contribution < 1.29 is 28.5 Å². The number of Topliss-reactive ketones (excluding diaryl/α,β-unsaturated/α-hetero) is 1. The summed E-state index contributed by atoms with van der Waals surface area (Å²) in [6.07, 6.45) is 7.14. The van der Waals surface area contributed by atoms with Crippen molar-refractivity contribution in [3.63, 3.8) is 0 Å². The molecule has 1 aliphatic rings. The third-order valence-corrected chi connectivity index (χ3v) is 8.37. The number of aryl methyl sites for hydroxylation is 1. The van der Waals surface area contributed by atoms with Gasteiger partial charge >= 0.3 is 0 Å². The zero-order valence-corrected chi connectivity index (χ0v) is 26.6. The van der Waals surface area contributed by atoms with Gasteiger partial charge in [0.2, 0.25) is 0 Å². The molecule has 0 radical (unpaired) electrons. The fourth-order valence-electron chi connectivity index (χ4n) is 5.02. The molecule has 0 spiro atoms. The van der Waals surface area contributed by atoms with Crippen LogP contribution in [0.25, 0.3) is 5.65 Å². The van der Waals surface area contributed by atoms with Gasteiger partial charge in [-0.2, -0.15) is 9.61 Å². The molecule has 8 nitrogen and oxygen atoms in total. The number of benzene rings is 2. The number of ether oxygens (including phenoxy) is 1. The van der Waals surface area contributed by atoms with E-state index >= 15 is 0 Å². The Morgan fingerprint density at radius 3 is 2.65 bits per heavy atom. The second-order valence-electron chi connectivity index (χ2n) is 10.6. The molecule has 2 heterocycles. The van der Waals surface area contributed by atoms with Gasteiger partial charge in [0, 0.05) is 49.4 Å². The predicted octanol–water partition coefficient (Wildman–Crippen LogP) is 6.03. The molecule has 4 N–H and O–H groups in total. The van der Waals surface area contributed by atoms with E-state index in [9.17, 15) is 18.7 Å². The van der Waals surface area contributed by atoms with Gasteiger partial charge in [0.1, 0.15) is 18.5 Å². The summed E-state index contributed by atoms with van der Waals surface area (Å²) in [6, 6.07) is 9.23. The summed E-state index contributed by atoms with van der Waals surface area (Å²) in [5.74, 6) is -1.45. The van der Waals surface area contributed by atoms with Crippen LogP contribution in [0.15, 0.2) is 42.6 Å². The summed E-state index contributed by atoms with van der Waals surface area (Å²) in [6.45, 7) is 0.842. The normalized spacial score (nSPS) is 14.4. The standard InChI is InChI=1S/C18H16ClF2IO4.C13H18N4/c19-15-6-11(22)2-1-10(15)5-14-13(3-4-16(20)18(14)21)17(25)9-26-8-12(24)7-23;1-9-8-15-17-12(14)7-11(16-13(9)17)10-5-3-2-4-6-10/h1-4,6,12,23-24H,5,7-9H2;7-8,10H,2-6,14H2,1H3. The number of carbonyl (C=O) groups excluding carboxylic acids is 1. The van der Waals surface area contributed by atoms with Gasteiger partial charge in [-0.05, 0) is 72.2 Å². The number of hydrogen-bond acceptors (Lipinski definition) is 7. The smallest absolute Gasteiger partial charge is 0.188 e. The molecule has 230 valence electrons. The van der Waals surface area contributed by atoms with E-state index in [0.717, 1.165) is 26.5 Å². The van der Waals surface area contributed by atoms with E-state index in [1.54, 1.807) is 22.7 Å². The quantitative estimate of drug-likeness (QED) is 0.142. The number of rotatable bonds is 9. The number of aliphatic hydroxyl groups excluding tert-OH is 2. The summed E-state index contributed by atoms with van der Waals surface area (Å²) >= 11 is 8.23. The average Bonchev–Trinajstić information content (AvgIpc) is 3.38. The maximum Gasteiger partial charge on any atom is 0.188 e. The van der Waals surface area contributed by atoms with Gasteiger partial charge in [-0.1, -0.05) is 36.9 Å². The molecule has 0 saturated heterocycles. The van der Waals surface area contributed by atoms with Gasteiger partial charge in [0.25, 0.3) is 0 Å². The summed E-state index contributed by atoms with van der Waals surface area (Å²) in [4.78, 5) is 17.1. The van der Waals surface area contributed by atoms with Gasteiger partial charge < -0.3 is 20.7 Å². The van der Waals surface area contributed by atoms with Gasteiger partial charge in [0.15, 0.2) is 23.1 Å². The van der Waals surface area contributed by atoms with Crippen molar-refractivity contribution in [2.45, 2.75) is 57.5 Å². The highest BCUT2D eigenvalue weighted by Gasteiger charge is 2.21. The third kappa shape index (κ3) is 8.48. The maximum absolute atomic E-state index is 14.3. The molecule has 2 aromatic heterocycles. The van der Waals surface area contributed by atoms with E-state index in [0.29, 0.717) is 22.3 Å². The number of ketones is 1. The Bertz CT molecular complexity index is 1580. The number of carbonyl (C=O) groups is 1. The molecule has 0 amide bonds. The van der Waals surface area contributed by atoms with Gasteiger partial charge in [0.05, 0.1) is 19.4 Å². The molecule has 4 aromatic rings. The molecular weight excluding hydrogens is 693 g/mol. The van der Waals surface area contributed by atoms with Crippen LogP contribution in [-0.4, -0.2) is 56.5 Å². The van der Waals surface area contributed by atoms with Crippen molar-refractivity contribution in [1.29, 1.82) is 0 Å². The van der Waals surface area contributed by atoms with Crippen LogP contribution >= 0.6 is 34.2 Å². The molecule has 1 atom stereocenters. The fourth-order valence-corrected chi connectivity index (χ4v) is 5.95. The van der Waals surface area contributed by atoms with E-state index in [2.05, 4.69) is 27.7 Å². The summed E-state index contributed by atoms with van der Waals surface area (Å²) in [7, 11) is 0. The Morgan fingerprint density at radius 1 is 1.21 bits per heavy atom. The Kier molecular flexibility index (Phi) is 11.8. The first kappa shape index (κ1) is 33.2. The first-order valence-electron chi connectivity index (χ1n) is 14.0. The van der Waals surface area contributed by atoms with Crippen LogP contribution in [0.2, 0.25) is 5.02 Å². The molecule has 0 bridgehead atoms. The first-order chi connectivity index (χ1) is 20.6. The van der Waals surface area contributed by atoms with Crippen LogP contribution in [0, 0.1) is 22.1 Å². The lowest BCUT2D eigenvalue weighted by Crippen LogP contribution is -2.22. The average molecular weight is 727 g/mol. The Hall–Kier alpha value is -2.71. The van der Waals surface area contributed by atoms with Crippen LogP contribution < -0.4 is 5.73 Å². The number of anilines is 1. The number of nitrogens with zero attached hydrogens (tertiary/aromatic N) is 3. The van der Waals surface area contributed by atoms with E-state index < -0.39 is 36.7 Å². The second-order valence-corrected chi connectivity index (χ2v) is 12.2. The number of fused-ring (bicyclic) bond motifs is 1. The number of nitrogens with two attached hydrogens (primary N) is 1. The zero-order valence-electron chi connectivity index (χ0n) is 23.7. The molecule has 5 rings (SSSR count). The molecule has 1 saturated carbocycles. The molecule has 1 aliphatic carbocycles. The lowest BCUT2D eigenvalue weighted by molar-refractivity contribution is 0.00893. The highest BCUT2D eigenvalue weighted by Crippen LogP contribution is 2.33. The van der Waals surface area contributed by atoms with E-state index in [-0.39, 0.29) is 24.2 Å². The minimum Gasteiger partial charge on any atom is -0.394 e. The monoisotopic (exact) mass is 726 g/mol. The van der Waals surface area contributed by atoms with Crippen molar-refractivity contribution in [2.24, 2.45) is 0 Å². The Morgan fingerprint density at radius 2 is 1.95 bits per heavy atom. The minimum absolute atomic E-state index is 0.0167. The third-order valence-electron chi connectivity index (χ3n) is 7.35. The van der Waals surface area contributed by atoms with Crippen molar-refractivity contribution in [2.75, 3.05) is 25.6 Å². The molecule has 1 fully saturated rings. The van der Waals surface area contributed by atoms with Crippen LogP contribution in [-0.2, 0) is 11.2 Å². The minimum atomic E-state index is -1.11. The number of nitrogen functional groups attached to an aromatic ring is 1. The van der Waals surface area contributed by atoms with Crippen molar-refractivity contribution in [3.05, 3.63) is 90.8 Å². The lowest BCUT2D eigenvalue weighted by atomic mass is 9.87. The molecule has 12 heteroatoms. The van der Waals surface area contributed by atoms with E-state index in [1.165, 1.54) is 38.2 Å². The second kappa shape index (κ2) is 15.3. The van der Waals surface area contributed by atoms with Gasteiger partial charge in [-0.15, -0.1) is 0 Å². The first-order valence-corrected chi connectivity index (χ1v) is 15.5. The number of aromatic nitrogens is 3. The van der Waals surface area contributed by atoms with Gasteiger partial charge in [-0.25, -0.2) is 13.8 Å². The fraction of sp³-hybridized carbons (Fsp3) is 0.387. The SMILES string of the molecule is Cc1cnn2c(N)cc(C3CCCCC3)nc12.O=C(COCC(O)CO)c1ccc(F)c(F)c1Cc1ccc(I)cc1Cl. The van der Waals surface area contributed by atoms with Crippen LogP contribution in [0.5, 0.6) is 0 Å². The van der Waals surface area contributed by atoms with Crippen molar-refractivity contribution >= 4 is 51.4 Å². The molecule has 1 unspecified atom stereocenters. The zero-order chi connectivity index (χ0) is 31.1. The largest absolute Gasteiger partial charge is 0.394 e. The highest BCUT2D eigenvalue weighted by molar-refractivity contribution is 14.1. The Labute approximate surface area is 267 Å². The van der Waals surface area contributed by atoms with Crippen molar-refractivity contribution in [1.82, 2.24) is 14.6 Å². The lowest BCUT2D eigenvalue weighted by Gasteiger charge is -2.21. The molecular formula is C31H34ClF2IN4O4. The van der Waals surface area contributed by atoms with Crippen LogP contribution in [0.3, 0.4) is 0 Å². The number of halogens is 4. The maximum atomic E-state index is 14.3. The van der Waals surface area contributed by atoms with E-state index in [1.807, 2.05) is 19.2 Å². The Balaban J connectivity index is 0.000000213. The number of hydrogen-bond donors (Lipinski definition) is 3. The van der Waals surface area contributed by atoms with Crippen molar-refractivity contribution in [3.8, 4) is 0 Å². The molecule has 2 aromatic carbocycles. The van der Waals surface area contributed by atoms with Crippen LogP contribution in [0.1, 0.15) is 70.8 Å². The summed E-state index contributed by atoms with van der Waals surface area (Å²) < 4.78 is 35.6. The molecule has 43 heavy (non-hydrogen) atoms. The summed E-state index contributed by atoms with van der Waals surface area (Å²) in [5.41, 5.74) is 9.62.